The van der Waals surface area contributed by atoms with E-state index in [9.17, 15) is 0 Å². The summed E-state index contributed by atoms with van der Waals surface area (Å²) in [6.07, 6.45) is 3.69. The fourth-order valence-electron chi connectivity index (χ4n) is 1.41. The molecular weight excluding hydrogens is 289 g/mol. The molecule has 0 amide bonds. The van der Waals surface area contributed by atoms with Gasteiger partial charge in [-0.15, -0.1) is 0 Å². The Morgan fingerprint density at radius 2 is 2.38 bits per heavy atom. The molecule has 0 fully saturated rings. The van der Waals surface area contributed by atoms with Crippen molar-refractivity contribution >= 4 is 33.2 Å². The van der Waals surface area contributed by atoms with Crippen LogP contribution in [0.1, 0.15) is 5.69 Å². The number of rotatable bonds is 3. The van der Waals surface area contributed by atoms with Gasteiger partial charge in [0.1, 0.15) is 0 Å². The van der Waals surface area contributed by atoms with Crippen LogP contribution >= 0.6 is 27.5 Å². The Balaban J connectivity index is 2.10. The van der Waals surface area contributed by atoms with Gasteiger partial charge < -0.3 is 9.88 Å². The molecule has 0 saturated carbocycles. The van der Waals surface area contributed by atoms with Crippen molar-refractivity contribution in [2.75, 3.05) is 5.32 Å². The highest BCUT2D eigenvalue weighted by Crippen LogP contribution is 2.23. The Kier molecular flexibility index (Phi) is 3.51. The molecule has 3 nitrogen and oxygen atoms in total. The lowest BCUT2D eigenvalue weighted by atomic mass is 10.3. The van der Waals surface area contributed by atoms with E-state index >= 15 is 0 Å². The van der Waals surface area contributed by atoms with Gasteiger partial charge in [-0.1, -0.05) is 11.6 Å². The van der Waals surface area contributed by atoms with Crippen LogP contribution in [0.2, 0.25) is 5.15 Å². The highest BCUT2D eigenvalue weighted by atomic mass is 79.9. The van der Waals surface area contributed by atoms with Gasteiger partial charge in [0.25, 0.3) is 0 Å². The van der Waals surface area contributed by atoms with Gasteiger partial charge in [0, 0.05) is 29.6 Å². The van der Waals surface area contributed by atoms with E-state index in [0.29, 0.717) is 5.15 Å². The number of hydrogen-bond donors (Lipinski definition) is 1. The summed E-state index contributed by atoms with van der Waals surface area (Å²) in [4.78, 5) is 4.05. The van der Waals surface area contributed by atoms with Gasteiger partial charge in [0.2, 0.25) is 0 Å². The summed E-state index contributed by atoms with van der Waals surface area (Å²) in [5.74, 6) is 0. The Morgan fingerprint density at radius 3 is 3.06 bits per heavy atom. The maximum atomic E-state index is 5.97. The van der Waals surface area contributed by atoms with Gasteiger partial charge in [-0.3, -0.25) is 0 Å². The zero-order valence-electron chi connectivity index (χ0n) is 8.74. The van der Waals surface area contributed by atoms with Crippen molar-refractivity contribution in [2.24, 2.45) is 7.05 Å². The van der Waals surface area contributed by atoms with Crippen LogP contribution in [0.5, 0.6) is 0 Å². The second-order valence-electron chi connectivity index (χ2n) is 3.46. The van der Waals surface area contributed by atoms with E-state index in [2.05, 4.69) is 36.9 Å². The van der Waals surface area contributed by atoms with E-state index in [1.54, 1.807) is 6.20 Å². The standard InChI is InChI=1S/C11H11BrClN3/c1-16-4-2-3-9(16)7-14-10-5-8(12)6-15-11(10)13/h2-6,14H,7H2,1H3. The van der Waals surface area contributed by atoms with Crippen molar-refractivity contribution in [3.63, 3.8) is 0 Å². The third kappa shape index (κ3) is 2.57. The molecule has 84 valence electrons. The Bertz CT molecular complexity index is 496. The van der Waals surface area contributed by atoms with Crippen molar-refractivity contribution < 1.29 is 0 Å². The first-order chi connectivity index (χ1) is 7.66. The van der Waals surface area contributed by atoms with Crippen LogP contribution in [0.15, 0.2) is 35.1 Å². The maximum absolute atomic E-state index is 5.97. The van der Waals surface area contributed by atoms with E-state index in [4.69, 9.17) is 11.6 Å². The molecule has 0 aliphatic rings. The minimum atomic E-state index is 0.484. The van der Waals surface area contributed by atoms with Crippen molar-refractivity contribution in [2.45, 2.75) is 6.54 Å². The van der Waals surface area contributed by atoms with Crippen molar-refractivity contribution in [3.05, 3.63) is 45.9 Å². The number of anilines is 1. The Labute approximate surface area is 108 Å². The number of aryl methyl sites for hydroxylation is 1. The largest absolute Gasteiger partial charge is 0.377 e. The number of halogens is 2. The molecule has 5 heteroatoms. The number of aromatic nitrogens is 2. The molecule has 2 aromatic heterocycles. The number of pyridine rings is 1. The molecule has 2 aromatic rings. The van der Waals surface area contributed by atoms with Crippen LogP contribution in [-0.2, 0) is 13.6 Å². The molecule has 0 aliphatic heterocycles. The molecule has 0 unspecified atom stereocenters. The fourth-order valence-corrected chi connectivity index (χ4v) is 1.91. The van der Waals surface area contributed by atoms with E-state index in [0.717, 1.165) is 16.7 Å². The van der Waals surface area contributed by atoms with Gasteiger partial charge in [-0.2, -0.15) is 0 Å². The minimum Gasteiger partial charge on any atom is -0.377 e. The first-order valence-electron chi connectivity index (χ1n) is 4.82. The topological polar surface area (TPSA) is 29.9 Å². The molecule has 2 rings (SSSR count). The van der Waals surface area contributed by atoms with Gasteiger partial charge in [-0.05, 0) is 34.1 Å². The summed E-state index contributed by atoms with van der Waals surface area (Å²) in [6, 6.07) is 5.99. The summed E-state index contributed by atoms with van der Waals surface area (Å²) < 4.78 is 2.97. The molecule has 0 saturated heterocycles. The summed E-state index contributed by atoms with van der Waals surface area (Å²) in [5, 5.41) is 3.74. The molecule has 0 bridgehead atoms. The third-order valence-corrected chi connectivity index (χ3v) is 3.05. The lowest BCUT2D eigenvalue weighted by Crippen LogP contribution is -2.04. The highest BCUT2D eigenvalue weighted by molar-refractivity contribution is 9.10. The number of hydrogen-bond acceptors (Lipinski definition) is 2. The lowest BCUT2D eigenvalue weighted by Gasteiger charge is -2.08. The van der Waals surface area contributed by atoms with E-state index < -0.39 is 0 Å². The second-order valence-corrected chi connectivity index (χ2v) is 4.73. The van der Waals surface area contributed by atoms with Crippen molar-refractivity contribution in [3.8, 4) is 0 Å². The highest BCUT2D eigenvalue weighted by Gasteiger charge is 2.03. The molecule has 0 radical (unpaired) electrons. The number of nitrogens with one attached hydrogen (secondary N) is 1. The minimum absolute atomic E-state index is 0.484. The zero-order chi connectivity index (χ0) is 11.5. The number of nitrogens with zero attached hydrogens (tertiary/aromatic N) is 2. The molecule has 16 heavy (non-hydrogen) atoms. The molecule has 0 aliphatic carbocycles. The van der Waals surface area contributed by atoms with Crippen molar-refractivity contribution in [1.29, 1.82) is 0 Å². The van der Waals surface area contributed by atoms with Crippen LogP contribution in [0.4, 0.5) is 5.69 Å². The summed E-state index contributed by atoms with van der Waals surface area (Å²) >= 11 is 9.34. The first kappa shape index (κ1) is 11.5. The maximum Gasteiger partial charge on any atom is 0.152 e. The van der Waals surface area contributed by atoms with E-state index in [-0.39, 0.29) is 0 Å². The molecule has 0 aromatic carbocycles. The van der Waals surface area contributed by atoms with Crippen LogP contribution in [0, 0.1) is 0 Å². The van der Waals surface area contributed by atoms with Crippen LogP contribution in [0.25, 0.3) is 0 Å². The summed E-state index contributed by atoms with van der Waals surface area (Å²) in [7, 11) is 2.01. The second kappa shape index (κ2) is 4.89. The molecule has 0 atom stereocenters. The first-order valence-corrected chi connectivity index (χ1v) is 5.99. The normalized spacial score (nSPS) is 10.4. The molecule has 1 N–H and O–H groups in total. The average molecular weight is 301 g/mol. The van der Waals surface area contributed by atoms with E-state index in [1.807, 2.05) is 25.4 Å². The van der Waals surface area contributed by atoms with Crippen LogP contribution in [0.3, 0.4) is 0 Å². The van der Waals surface area contributed by atoms with Gasteiger partial charge >= 0.3 is 0 Å². The van der Waals surface area contributed by atoms with Crippen LogP contribution in [-0.4, -0.2) is 9.55 Å². The smallest absolute Gasteiger partial charge is 0.152 e. The predicted molar refractivity (Wildman–Crippen MR) is 69.7 cm³/mol. The SMILES string of the molecule is Cn1cccc1CNc1cc(Br)cnc1Cl. The Hall–Kier alpha value is -1.00. The monoisotopic (exact) mass is 299 g/mol. The van der Waals surface area contributed by atoms with E-state index in [1.165, 1.54) is 5.69 Å². The van der Waals surface area contributed by atoms with Gasteiger partial charge in [0.15, 0.2) is 5.15 Å². The van der Waals surface area contributed by atoms with Gasteiger partial charge in [0.05, 0.1) is 12.2 Å². The van der Waals surface area contributed by atoms with Crippen molar-refractivity contribution in [1.82, 2.24) is 9.55 Å². The summed E-state index contributed by atoms with van der Waals surface area (Å²) in [5.41, 5.74) is 2.02. The summed E-state index contributed by atoms with van der Waals surface area (Å²) in [6.45, 7) is 0.724. The zero-order valence-corrected chi connectivity index (χ0v) is 11.1. The Morgan fingerprint density at radius 1 is 1.56 bits per heavy atom. The lowest BCUT2D eigenvalue weighted by molar-refractivity contribution is 0.842. The van der Waals surface area contributed by atoms with Crippen LogP contribution < -0.4 is 5.32 Å². The molecule has 0 spiro atoms. The fraction of sp³-hybridized carbons (Fsp3) is 0.182. The predicted octanol–water partition coefficient (Wildman–Crippen LogP) is 3.45. The third-order valence-electron chi connectivity index (χ3n) is 2.32. The molecular formula is C11H11BrClN3. The quantitative estimate of drug-likeness (QED) is 0.880. The molecule has 2 heterocycles. The average Bonchev–Trinajstić information content (AvgIpc) is 2.66. The van der Waals surface area contributed by atoms with Gasteiger partial charge in [-0.25, -0.2) is 4.98 Å².